The number of thiazole rings is 1. The molecule has 42 heavy (non-hydrogen) atoms. The average Bonchev–Trinajstić information content (AvgIpc) is 3.51. The van der Waals surface area contributed by atoms with Gasteiger partial charge in [-0.2, -0.15) is 5.10 Å². The highest BCUT2D eigenvalue weighted by Gasteiger charge is 2.30. The zero-order valence-electron chi connectivity index (χ0n) is 22.7. The second-order valence-corrected chi connectivity index (χ2v) is 12.4. The fourth-order valence-electron chi connectivity index (χ4n) is 4.93. The van der Waals surface area contributed by atoms with Crippen molar-refractivity contribution < 1.29 is 24.0 Å². The van der Waals surface area contributed by atoms with E-state index in [2.05, 4.69) is 35.3 Å². The van der Waals surface area contributed by atoms with E-state index in [0.717, 1.165) is 47.2 Å². The molecule has 1 unspecified atom stereocenters. The minimum absolute atomic E-state index is 0. The van der Waals surface area contributed by atoms with Crippen molar-refractivity contribution >= 4 is 28.3 Å². The van der Waals surface area contributed by atoms with E-state index >= 15 is 4.39 Å². The summed E-state index contributed by atoms with van der Waals surface area (Å²) in [6.07, 6.45) is 3.15. The van der Waals surface area contributed by atoms with Crippen molar-refractivity contribution in [1.82, 2.24) is 14.8 Å². The van der Waals surface area contributed by atoms with E-state index < -0.39 is 22.8 Å². The third-order valence-electron chi connectivity index (χ3n) is 7.34. The SMILES string of the molecule is Cc1ccc(-c2cccc(-c3nn(-c4nc(C(=O)O)cs4)c(CC4CC4)c3Cc3ccc([SH+](N)=O)cc3F)c2)cc1.[OH-]. The maximum atomic E-state index is 15.3. The molecule has 5 aromatic rings. The summed E-state index contributed by atoms with van der Waals surface area (Å²) in [4.78, 5) is 16.2. The van der Waals surface area contributed by atoms with Gasteiger partial charge in [-0.1, -0.05) is 58.3 Å². The predicted molar refractivity (Wildman–Crippen MR) is 161 cm³/mol. The number of hydrogen-bond acceptors (Lipinski definition) is 6. The first-order valence-corrected chi connectivity index (χ1v) is 15.5. The van der Waals surface area contributed by atoms with E-state index in [1.54, 1.807) is 16.8 Å². The Hall–Kier alpha value is -4.03. The molecule has 4 N–H and O–H groups in total. The van der Waals surface area contributed by atoms with Gasteiger partial charge in [0.25, 0.3) is 0 Å². The second-order valence-electron chi connectivity index (χ2n) is 10.4. The smallest absolute Gasteiger partial charge is 0.355 e. The van der Waals surface area contributed by atoms with Crippen molar-refractivity contribution in [2.45, 2.75) is 37.5 Å². The number of aromatic nitrogens is 3. The van der Waals surface area contributed by atoms with Crippen LogP contribution in [0.1, 0.15) is 45.7 Å². The molecule has 8 nitrogen and oxygen atoms in total. The Kier molecular flexibility index (Phi) is 8.46. The Balaban J connectivity index is 0.00000353. The number of carboxylic acid groups (broad SMARTS) is 1. The number of rotatable bonds is 9. The van der Waals surface area contributed by atoms with Crippen molar-refractivity contribution in [2.75, 3.05) is 0 Å². The number of carbonyl (C=O) groups is 1. The molecule has 11 heteroatoms. The van der Waals surface area contributed by atoms with E-state index in [1.165, 1.54) is 28.3 Å². The first-order chi connectivity index (χ1) is 19.8. The van der Waals surface area contributed by atoms with Crippen LogP contribution in [0.2, 0.25) is 0 Å². The number of benzene rings is 3. The number of aromatic carboxylic acids is 1. The summed E-state index contributed by atoms with van der Waals surface area (Å²) in [5.74, 6) is -1.11. The standard InChI is InChI=1S/C31H27FN4O3S2.H2O/c1-18-5-9-20(10-6-18)21-3-2-4-23(14-21)29-25(15-22-11-12-24(41(33)39)16-26(22)32)28(13-19-7-8-19)36(35-29)31-34-27(17-40-31)30(37)38;/h2-6,9-12,14,16-17,19H,7-8,13,15H2,1H3,(H2,33,39)(H,37,38);1H2. The number of nitrogens with two attached hydrogens (primary N) is 1. The number of hydrogen-bond donors (Lipinski definition) is 2. The summed E-state index contributed by atoms with van der Waals surface area (Å²) in [7, 11) is -2.15. The van der Waals surface area contributed by atoms with Crippen LogP contribution in [0.25, 0.3) is 27.5 Å². The number of carboxylic acids is 1. The van der Waals surface area contributed by atoms with Crippen LogP contribution >= 0.6 is 11.3 Å². The van der Waals surface area contributed by atoms with Crippen LogP contribution in [0.5, 0.6) is 0 Å². The fraction of sp³-hybridized carbons (Fsp3) is 0.194. The zero-order chi connectivity index (χ0) is 28.7. The summed E-state index contributed by atoms with van der Waals surface area (Å²) in [6.45, 7) is 2.05. The summed E-state index contributed by atoms with van der Waals surface area (Å²) >= 11 is 1.21. The zero-order valence-corrected chi connectivity index (χ0v) is 24.4. The number of halogens is 1. The van der Waals surface area contributed by atoms with Gasteiger partial charge in [-0.05, 0) is 60.9 Å². The van der Waals surface area contributed by atoms with Gasteiger partial charge in [0.2, 0.25) is 5.13 Å². The van der Waals surface area contributed by atoms with Crippen molar-refractivity contribution in [2.24, 2.45) is 11.1 Å². The van der Waals surface area contributed by atoms with Gasteiger partial charge in [0, 0.05) is 29.0 Å². The highest BCUT2D eigenvalue weighted by molar-refractivity contribution is 7.82. The molecule has 1 aliphatic rings. The predicted octanol–water partition coefficient (Wildman–Crippen LogP) is 6.10. The molecule has 1 saturated carbocycles. The molecule has 0 radical (unpaired) electrons. The van der Waals surface area contributed by atoms with E-state index in [1.807, 2.05) is 25.1 Å². The highest BCUT2D eigenvalue weighted by Crippen LogP contribution is 2.39. The van der Waals surface area contributed by atoms with Gasteiger partial charge in [0.1, 0.15) is 5.82 Å². The van der Waals surface area contributed by atoms with E-state index in [0.29, 0.717) is 22.3 Å². The molecule has 6 rings (SSSR count). The lowest BCUT2D eigenvalue weighted by Crippen LogP contribution is -2.07. The van der Waals surface area contributed by atoms with Gasteiger partial charge >= 0.3 is 5.97 Å². The van der Waals surface area contributed by atoms with Gasteiger partial charge in [0.15, 0.2) is 21.6 Å². The second kappa shape index (κ2) is 12.1. The minimum Gasteiger partial charge on any atom is -0.870 e. The lowest BCUT2D eigenvalue weighted by atomic mass is 9.95. The van der Waals surface area contributed by atoms with E-state index in [-0.39, 0.29) is 22.5 Å². The summed E-state index contributed by atoms with van der Waals surface area (Å²) in [6, 6.07) is 20.8. The highest BCUT2D eigenvalue weighted by atomic mass is 32.2. The lowest BCUT2D eigenvalue weighted by Gasteiger charge is -2.10. The quantitative estimate of drug-likeness (QED) is 0.154. The van der Waals surface area contributed by atoms with Gasteiger partial charge in [-0.25, -0.2) is 18.9 Å². The van der Waals surface area contributed by atoms with Crippen LogP contribution in [0.15, 0.2) is 77.0 Å². The maximum absolute atomic E-state index is 15.3. The molecule has 2 aromatic heterocycles. The molecule has 1 atom stereocenters. The van der Waals surface area contributed by atoms with Crippen molar-refractivity contribution in [3.05, 3.63) is 106 Å². The molecule has 3 aromatic carbocycles. The molecule has 0 amide bonds. The van der Waals surface area contributed by atoms with E-state index in [4.69, 9.17) is 10.2 Å². The Morgan fingerprint density at radius 3 is 2.48 bits per heavy atom. The van der Waals surface area contributed by atoms with Gasteiger partial charge in [-0.3, -0.25) is 0 Å². The number of thiol groups is 1. The fourth-order valence-corrected chi connectivity index (χ4v) is 6.16. The van der Waals surface area contributed by atoms with E-state index in [9.17, 15) is 14.1 Å². The van der Waals surface area contributed by atoms with Gasteiger partial charge < -0.3 is 10.6 Å². The monoisotopic (exact) mass is 604 g/mol. The largest absolute Gasteiger partial charge is 0.870 e. The third-order valence-corrected chi connectivity index (χ3v) is 8.94. The summed E-state index contributed by atoms with van der Waals surface area (Å²) in [5.41, 5.74) is 6.96. The van der Waals surface area contributed by atoms with Crippen LogP contribution in [0.4, 0.5) is 4.39 Å². The van der Waals surface area contributed by atoms with Crippen LogP contribution in [0, 0.1) is 18.7 Å². The topological polar surface area (TPSA) is 141 Å². The maximum Gasteiger partial charge on any atom is 0.355 e. The minimum atomic E-state index is -2.15. The molecule has 0 aliphatic heterocycles. The molecule has 216 valence electrons. The van der Waals surface area contributed by atoms with Gasteiger partial charge in [0.05, 0.1) is 11.4 Å². The molecule has 2 heterocycles. The third kappa shape index (κ3) is 6.09. The molecular formula is C31H29FN4O4S2. The van der Waals surface area contributed by atoms with Crippen molar-refractivity contribution in [1.29, 1.82) is 0 Å². The number of aryl methyl sites for hydroxylation is 1. The van der Waals surface area contributed by atoms with Gasteiger partial charge in [-0.15, -0.1) is 16.5 Å². The average molecular weight is 605 g/mol. The van der Waals surface area contributed by atoms with Crippen LogP contribution < -0.4 is 5.14 Å². The summed E-state index contributed by atoms with van der Waals surface area (Å²) in [5, 5.41) is 22.0. The first kappa shape index (κ1) is 29.5. The first-order valence-electron chi connectivity index (χ1n) is 13.2. The summed E-state index contributed by atoms with van der Waals surface area (Å²) < 4.78 is 28.8. The Bertz CT molecular complexity index is 1800. The Morgan fingerprint density at radius 1 is 1.10 bits per heavy atom. The van der Waals surface area contributed by atoms with Crippen LogP contribution in [0.3, 0.4) is 0 Å². The molecule has 0 saturated heterocycles. The number of nitrogens with zero attached hydrogens (tertiary/aromatic N) is 3. The van der Waals surface area contributed by atoms with Crippen LogP contribution in [-0.4, -0.2) is 31.3 Å². The Labute approximate surface area is 248 Å². The Morgan fingerprint density at radius 2 is 1.83 bits per heavy atom. The lowest BCUT2D eigenvalue weighted by molar-refractivity contribution is 0.0691. The molecule has 0 spiro atoms. The molecular weight excluding hydrogens is 575 g/mol. The van der Waals surface area contributed by atoms with Crippen molar-refractivity contribution in [3.63, 3.8) is 0 Å². The normalized spacial score (nSPS) is 13.5. The molecule has 1 aliphatic carbocycles. The van der Waals surface area contributed by atoms with Crippen LogP contribution in [-0.2, 0) is 28.0 Å². The van der Waals surface area contributed by atoms with Crippen molar-refractivity contribution in [3.8, 4) is 27.5 Å². The molecule has 1 fully saturated rings. The molecule has 0 bridgehead atoms.